The molecule has 0 heterocycles. The van der Waals surface area contributed by atoms with Crippen molar-refractivity contribution in [3.8, 4) is 5.75 Å². The Hall–Kier alpha value is -1.03. The van der Waals surface area contributed by atoms with Crippen LogP contribution < -0.4 is 4.74 Å². The average molecular weight is 342 g/mol. The topological polar surface area (TPSA) is 18.5 Å². The SMILES string of the molecule is Clc1cc(Br)ccc1OCCOCc1ccccc1. The zero-order chi connectivity index (χ0) is 13.5. The van der Waals surface area contributed by atoms with Gasteiger partial charge in [0.25, 0.3) is 0 Å². The first kappa shape index (κ1) is 14.4. The summed E-state index contributed by atoms with van der Waals surface area (Å²) < 4.78 is 12.0. The van der Waals surface area contributed by atoms with Gasteiger partial charge in [0.2, 0.25) is 0 Å². The summed E-state index contributed by atoms with van der Waals surface area (Å²) in [6.07, 6.45) is 0. The van der Waals surface area contributed by atoms with Crippen molar-refractivity contribution < 1.29 is 9.47 Å². The zero-order valence-corrected chi connectivity index (χ0v) is 12.7. The molecule has 0 N–H and O–H groups in total. The fraction of sp³-hybridized carbons (Fsp3) is 0.200. The van der Waals surface area contributed by atoms with Crippen LogP contribution in [0.4, 0.5) is 0 Å². The third-order valence-corrected chi connectivity index (χ3v) is 3.28. The number of halogens is 2. The van der Waals surface area contributed by atoms with Gasteiger partial charge in [-0.3, -0.25) is 0 Å². The highest BCUT2D eigenvalue weighted by Crippen LogP contribution is 2.27. The molecule has 0 bridgehead atoms. The van der Waals surface area contributed by atoms with Crippen molar-refractivity contribution in [3.63, 3.8) is 0 Å². The minimum Gasteiger partial charge on any atom is -0.490 e. The monoisotopic (exact) mass is 340 g/mol. The van der Waals surface area contributed by atoms with Crippen LogP contribution in [-0.4, -0.2) is 13.2 Å². The van der Waals surface area contributed by atoms with Gasteiger partial charge in [-0.1, -0.05) is 57.9 Å². The highest BCUT2D eigenvalue weighted by atomic mass is 79.9. The van der Waals surface area contributed by atoms with Gasteiger partial charge in [0, 0.05) is 4.47 Å². The highest BCUT2D eigenvalue weighted by molar-refractivity contribution is 9.10. The molecule has 0 unspecified atom stereocenters. The van der Waals surface area contributed by atoms with Crippen molar-refractivity contribution >= 4 is 27.5 Å². The molecular formula is C15H14BrClO2. The molecule has 0 aromatic heterocycles. The van der Waals surface area contributed by atoms with Crippen LogP contribution in [0.1, 0.15) is 5.56 Å². The van der Waals surface area contributed by atoms with E-state index in [4.69, 9.17) is 21.1 Å². The van der Waals surface area contributed by atoms with Crippen molar-refractivity contribution in [2.45, 2.75) is 6.61 Å². The molecule has 19 heavy (non-hydrogen) atoms. The maximum Gasteiger partial charge on any atom is 0.138 e. The number of rotatable bonds is 6. The predicted molar refractivity (Wildman–Crippen MR) is 80.7 cm³/mol. The van der Waals surface area contributed by atoms with Crippen molar-refractivity contribution in [1.82, 2.24) is 0 Å². The molecule has 0 amide bonds. The first-order chi connectivity index (χ1) is 9.25. The molecule has 0 atom stereocenters. The second kappa shape index (κ2) is 7.53. The Morgan fingerprint density at radius 3 is 2.53 bits per heavy atom. The van der Waals surface area contributed by atoms with Crippen LogP contribution >= 0.6 is 27.5 Å². The van der Waals surface area contributed by atoms with E-state index in [-0.39, 0.29) is 0 Å². The second-order valence-corrected chi connectivity index (χ2v) is 5.28. The van der Waals surface area contributed by atoms with Crippen LogP contribution in [0.3, 0.4) is 0 Å². The summed E-state index contributed by atoms with van der Waals surface area (Å²) in [5.74, 6) is 0.674. The number of hydrogen-bond donors (Lipinski definition) is 0. The van der Waals surface area contributed by atoms with Gasteiger partial charge in [0.1, 0.15) is 12.4 Å². The van der Waals surface area contributed by atoms with E-state index in [1.54, 1.807) is 0 Å². The summed E-state index contributed by atoms with van der Waals surface area (Å²) in [4.78, 5) is 0. The van der Waals surface area contributed by atoms with Crippen LogP contribution in [-0.2, 0) is 11.3 Å². The number of ether oxygens (including phenoxy) is 2. The van der Waals surface area contributed by atoms with Gasteiger partial charge in [0.05, 0.1) is 18.2 Å². The Morgan fingerprint density at radius 2 is 1.79 bits per heavy atom. The van der Waals surface area contributed by atoms with Crippen LogP contribution in [0.15, 0.2) is 53.0 Å². The Bertz CT molecular complexity index is 517. The zero-order valence-electron chi connectivity index (χ0n) is 10.3. The molecule has 2 aromatic rings. The van der Waals surface area contributed by atoms with E-state index >= 15 is 0 Å². The van der Waals surface area contributed by atoms with E-state index in [9.17, 15) is 0 Å². The third-order valence-electron chi connectivity index (χ3n) is 2.49. The Balaban J connectivity index is 1.69. The van der Waals surface area contributed by atoms with Gasteiger partial charge in [-0.2, -0.15) is 0 Å². The summed E-state index contributed by atoms with van der Waals surface area (Å²) >= 11 is 9.39. The molecular weight excluding hydrogens is 328 g/mol. The average Bonchev–Trinajstić information content (AvgIpc) is 2.42. The Kier molecular flexibility index (Phi) is 5.70. The van der Waals surface area contributed by atoms with E-state index in [1.807, 2.05) is 48.5 Å². The standard InChI is InChI=1S/C15H14BrClO2/c16-13-6-7-15(14(17)10-13)19-9-8-18-11-12-4-2-1-3-5-12/h1-7,10H,8-9,11H2. The smallest absolute Gasteiger partial charge is 0.138 e. The lowest BCUT2D eigenvalue weighted by Gasteiger charge is -2.09. The molecule has 2 rings (SSSR count). The van der Waals surface area contributed by atoms with E-state index in [0.717, 1.165) is 10.0 Å². The lowest BCUT2D eigenvalue weighted by Crippen LogP contribution is -2.06. The fourth-order valence-corrected chi connectivity index (χ4v) is 2.30. The third kappa shape index (κ3) is 4.86. The van der Waals surface area contributed by atoms with E-state index in [0.29, 0.717) is 30.6 Å². The number of hydrogen-bond acceptors (Lipinski definition) is 2. The lowest BCUT2D eigenvalue weighted by atomic mass is 10.2. The van der Waals surface area contributed by atoms with Crippen LogP contribution in [0.2, 0.25) is 5.02 Å². The van der Waals surface area contributed by atoms with Crippen LogP contribution in [0.25, 0.3) is 0 Å². The molecule has 0 fully saturated rings. The highest BCUT2D eigenvalue weighted by Gasteiger charge is 2.01. The molecule has 0 saturated carbocycles. The van der Waals surface area contributed by atoms with Crippen LogP contribution in [0.5, 0.6) is 5.75 Å². The Morgan fingerprint density at radius 1 is 1.00 bits per heavy atom. The molecule has 0 saturated heterocycles. The minimum absolute atomic E-state index is 0.480. The van der Waals surface area contributed by atoms with Gasteiger partial charge >= 0.3 is 0 Å². The van der Waals surface area contributed by atoms with Gasteiger partial charge in [-0.25, -0.2) is 0 Å². The van der Waals surface area contributed by atoms with Crippen LogP contribution in [0, 0.1) is 0 Å². The quantitative estimate of drug-likeness (QED) is 0.709. The van der Waals surface area contributed by atoms with E-state index in [1.165, 1.54) is 0 Å². The summed E-state index contributed by atoms with van der Waals surface area (Å²) in [6, 6.07) is 15.6. The summed E-state index contributed by atoms with van der Waals surface area (Å²) in [6.45, 7) is 1.60. The molecule has 100 valence electrons. The van der Waals surface area contributed by atoms with Crippen molar-refractivity contribution in [2.24, 2.45) is 0 Å². The van der Waals surface area contributed by atoms with Crippen molar-refractivity contribution in [3.05, 3.63) is 63.6 Å². The van der Waals surface area contributed by atoms with Gasteiger partial charge < -0.3 is 9.47 Å². The Labute approximate surface area is 126 Å². The summed E-state index contributed by atoms with van der Waals surface area (Å²) in [5.41, 5.74) is 1.16. The van der Waals surface area contributed by atoms with E-state index < -0.39 is 0 Å². The molecule has 0 aliphatic carbocycles. The molecule has 0 aliphatic rings. The fourth-order valence-electron chi connectivity index (χ4n) is 1.57. The largest absolute Gasteiger partial charge is 0.490 e. The number of benzene rings is 2. The van der Waals surface area contributed by atoms with Gasteiger partial charge in [0.15, 0.2) is 0 Å². The lowest BCUT2D eigenvalue weighted by molar-refractivity contribution is 0.0889. The van der Waals surface area contributed by atoms with Crippen molar-refractivity contribution in [1.29, 1.82) is 0 Å². The molecule has 0 radical (unpaired) electrons. The maximum atomic E-state index is 6.04. The molecule has 2 aromatic carbocycles. The summed E-state index contributed by atoms with van der Waals surface area (Å²) in [5, 5.41) is 0.595. The second-order valence-electron chi connectivity index (χ2n) is 3.96. The normalized spacial score (nSPS) is 10.4. The van der Waals surface area contributed by atoms with E-state index in [2.05, 4.69) is 15.9 Å². The molecule has 2 nitrogen and oxygen atoms in total. The first-order valence-corrected chi connectivity index (χ1v) is 7.12. The van der Waals surface area contributed by atoms with Crippen molar-refractivity contribution in [2.75, 3.05) is 13.2 Å². The molecule has 0 aliphatic heterocycles. The minimum atomic E-state index is 0.480. The predicted octanol–water partition coefficient (Wildman–Crippen LogP) is 4.70. The van der Waals surface area contributed by atoms with Gasteiger partial charge in [-0.05, 0) is 23.8 Å². The molecule has 0 spiro atoms. The van der Waals surface area contributed by atoms with Gasteiger partial charge in [-0.15, -0.1) is 0 Å². The first-order valence-electron chi connectivity index (χ1n) is 5.95. The maximum absolute atomic E-state index is 6.04. The summed E-state index contributed by atoms with van der Waals surface area (Å²) in [7, 11) is 0. The molecule has 4 heteroatoms.